The highest BCUT2D eigenvalue weighted by molar-refractivity contribution is 6.02. The largest absolute Gasteiger partial charge is 0.497 e. The Morgan fingerprint density at radius 3 is 2.48 bits per heavy atom. The van der Waals surface area contributed by atoms with Gasteiger partial charge in [0, 0.05) is 30.5 Å². The number of ether oxygens (including phenoxy) is 3. The van der Waals surface area contributed by atoms with Crippen molar-refractivity contribution in [3.8, 4) is 17.2 Å². The summed E-state index contributed by atoms with van der Waals surface area (Å²) in [4.78, 5) is 33.0. The number of aromatic nitrogens is 3. The van der Waals surface area contributed by atoms with E-state index in [1.807, 2.05) is 12.1 Å². The molecule has 2 atom stereocenters. The second kappa shape index (κ2) is 12.2. The molecule has 3 aromatic rings. The quantitative estimate of drug-likeness (QED) is 0.311. The van der Waals surface area contributed by atoms with Gasteiger partial charge in [-0.1, -0.05) is 5.16 Å². The predicted octanol–water partition coefficient (Wildman–Crippen LogP) is 3.62. The van der Waals surface area contributed by atoms with Crippen molar-refractivity contribution in [2.45, 2.75) is 37.8 Å². The van der Waals surface area contributed by atoms with Gasteiger partial charge in [-0.15, -0.1) is 0 Å². The van der Waals surface area contributed by atoms with Crippen LogP contribution >= 0.6 is 0 Å². The number of ketones is 1. The number of carbonyl (C=O) groups excluding carboxylic acids is 1. The molecular weight excluding hydrogens is 537 g/mol. The van der Waals surface area contributed by atoms with Gasteiger partial charge in [-0.2, -0.15) is 18.2 Å². The van der Waals surface area contributed by atoms with Crippen molar-refractivity contribution in [1.29, 1.82) is 0 Å². The smallest absolute Gasteiger partial charge is 0.450 e. The Hall–Kier alpha value is -4.36. The number of carbonyl (C=O) groups is 2. The molecule has 4 rings (SSSR count). The van der Waals surface area contributed by atoms with Gasteiger partial charge in [0.15, 0.2) is 17.4 Å². The Kier molecular flexibility index (Phi) is 8.75. The van der Waals surface area contributed by atoms with Crippen molar-refractivity contribution in [2.24, 2.45) is 5.92 Å². The second-order valence-corrected chi connectivity index (χ2v) is 9.02. The lowest BCUT2D eigenvalue weighted by Gasteiger charge is -2.24. The number of hydrogen-bond acceptors (Lipinski definition) is 10. The number of carboxylic acids is 1. The van der Waals surface area contributed by atoms with Crippen LogP contribution in [-0.2, 0) is 28.9 Å². The minimum atomic E-state index is -5.38. The van der Waals surface area contributed by atoms with Gasteiger partial charge in [0.05, 0.1) is 20.8 Å². The Balaban J connectivity index is 1.53. The van der Waals surface area contributed by atoms with Gasteiger partial charge in [0.25, 0.3) is 5.78 Å². The summed E-state index contributed by atoms with van der Waals surface area (Å²) in [5.41, 5.74) is 0.888. The van der Waals surface area contributed by atoms with Gasteiger partial charge in [-0.3, -0.25) is 9.59 Å². The van der Waals surface area contributed by atoms with Gasteiger partial charge >= 0.3 is 12.1 Å². The highest BCUT2D eigenvalue weighted by Gasteiger charge is 2.50. The Morgan fingerprint density at radius 2 is 1.82 bits per heavy atom. The van der Waals surface area contributed by atoms with E-state index in [1.165, 1.54) is 32.4 Å². The minimum Gasteiger partial charge on any atom is -0.497 e. The van der Waals surface area contributed by atoms with E-state index in [-0.39, 0.29) is 28.8 Å². The predicted molar refractivity (Wildman–Crippen MR) is 133 cm³/mol. The van der Waals surface area contributed by atoms with E-state index in [1.54, 1.807) is 0 Å². The molecule has 2 unspecified atom stereocenters. The summed E-state index contributed by atoms with van der Waals surface area (Å²) in [7, 11) is 2.66. The number of anilines is 1. The van der Waals surface area contributed by atoms with Gasteiger partial charge in [-0.05, 0) is 42.7 Å². The summed E-state index contributed by atoms with van der Waals surface area (Å²) in [6, 6.07) is 7.84. The average molecular weight is 565 g/mol. The number of methoxy groups -OCH3 is 2. The molecule has 0 fully saturated rings. The van der Waals surface area contributed by atoms with Crippen molar-refractivity contribution in [1.82, 2.24) is 15.1 Å². The lowest BCUT2D eigenvalue weighted by molar-refractivity contribution is -0.180. The number of Topliss-reactive ketones (excluding diaryl/α,β-unsaturated/α-hetero) is 1. The third kappa shape index (κ3) is 6.79. The molecule has 2 aromatic heterocycles. The monoisotopic (exact) mass is 564 g/mol. The van der Waals surface area contributed by atoms with Gasteiger partial charge in [0.1, 0.15) is 24.0 Å². The topological polar surface area (TPSA) is 146 Å². The molecular formula is C26H27F3N4O7. The number of aliphatic carboxylic acids is 1. The number of nitrogens with zero attached hydrogens (tertiary/aromatic N) is 3. The summed E-state index contributed by atoms with van der Waals surface area (Å²) < 4.78 is 61.4. The Morgan fingerprint density at radius 1 is 1.10 bits per heavy atom. The van der Waals surface area contributed by atoms with Crippen LogP contribution in [0.25, 0.3) is 0 Å². The van der Waals surface area contributed by atoms with Crippen LogP contribution in [0.15, 0.2) is 34.9 Å². The summed E-state index contributed by atoms with van der Waals surface area (Å²) in [6.07, 6.45) is -4.27. The first-order chi connectivity index (χ1) is 19.1. The molecule has 2 N–H and O–H groups in total. The zero-order chi connectivity index (χ0) is 28.9. The van der Waals surface area contributed by atoms with E-state index in [0.717, 1.165) is 5.69 Å². The Bertz CT molecular complexity index is 1340. The number of hydrogen-bond donors (Lipinski definition) is 2. The van der Waals surface area contributed by atoms with Crippen LogP contribution in [0.1, 0.15) is 35.3 Å². The fourth-order valence-corrected chi connectivity index (χ4v) is 4.40. The van der Waals surface area contributed by atoms with E-state index in [2.05, 4.69) is 20.4 Å². The van der Waals surface area contributed by atoms with Crippen LogP contribution in [0.4, 0.5) is 19.0 Å². The third-order valence-electron chi connectivity index (χ3n) is 6.34. The lowest BCUT2D eigenvalue weighted by atomic mass is 9.80. The normalized spacial score (nSPS) is 14.3. The molecule has 1 aliphatic heterocycles. The molecule has 3 heterocycles. The number of pyridine rings is 1. The van der Waals surface area contributed by atoms with E-state index in [9.17, 15) is 27.9 Å². The fraction of sp³-hybridized carbons (Fsp3) is 0.423. The highest BCUT2D eigenvalue weighted by atomic mass is 19.4. The first kappa shape index (κ1) is 28.6. The molecule has 0 bridgehead atoms. The fourth-order valence-electron chi connectivity index (χ4n) is 4.40. The number of alkyl halides is 3. The number of fused-ring (bicyclic) bond motifs is 1. The van der Waals surface area contributed by atoms with Crippen molar-refractivity contribution in [2.75, 3.05) is 32.7 Å². The average Bonchev–Trinajstić information content (AvgIpc) is 3.38. The number of halogens is 3. The van der Waals surface area contributed by atoms with Crippen LogP contribution in [-0.4, -0.2) is 65.5 Å². The standard InChI is InChI=1S/C26H27F3N4O7/c1-37-16-10-14(11-17(12-16)38-2)18(22(25(35)36)23(34)26(27,28)29)13-21-32-20(33-40-21)5-3-4-15-6-7-19-24(31-15)30-8-9-39-19/h6-7,10-12,18,22H,3-5,8-9,13H2,1-2H3,(H,30,31)(H,35,36). The van der Waals surface area contributed by atoms with Crippen molar-refractivity contribution in [3.63, 3.8) is 0 Å². The maximum atomic E-state index is 13.4. The molecule has 0 spiro atoms. The lowest BCUT2D eigenvalue weighted by Crippen LogP contribution is -2.39. The maximum Gasteiger partial charge on any atom is 0.450 e. The number of aryl methyl sites for hydroxylation is 2. The second-order valence-electron chi connectivity index (χ2n) is 9.02. The van der Waals surface area contributed by atoms with Crippen LogP contribution in [0.5, 0.6) is 17.2 Å². The van der Waals surface area contributed by atoms with E-state index in [4.69, 9.17) is 18.7 Å². The molecule has 0 amide bonds. The number of nitrogens with one attached hydrogen (secondary N) is 1. The molecule has 0 radical (unpaired) electrons. The SMILES string of the molecule is COc1cc(OC)cc(C(Cc2nc(CCCc3ccc4c(n3)NCCO4)no2)C(C(=O)O)C(=O)C(F)(F)F)c1. The summed E-state index contributed by atoms with van der Waals surface area (Å²) in [5, 5.41) is 16.8. The summed E-state index contributed by atoms with van der Waals surface area (Å²) >= 11 is 0. The Labute approximate surface area is 226 Å². The van der Waals surface area contributed by atoms with Gasteiger partial charge in [-0.25, -0.2) is 4.98 Å². The first-order valence-electron chi connectivity index (χ1n) is 12.3. The van der Waals surface area contributed by atoms with Crippen molar-refractivity contribution < 1.29 is 46.6 Å². The molecule has 40 heavy (non-hydrogen) atoms. The van der Waals surface area contributed by atoms with Gasteiger partial charge < -0.3 is 29.2 Å². The van der Waals surface area contributed by atoms with Crippen LogP contribution in [0, 0.1) is 5.92 Å². The maximum absolute atomic E-state index is 13.4. The van der Waals surface area contributed by atoms with Gasteiger partial charge in [0.2, 0.25) is 5.89 Å². The first-order valence-corrected chi connectivity index (χ1v) is 12.3. The van der Waals surface area contributed by atoms with E-state index in [0.29, 0.717) is 44.0 Å². The molecule has 14 heteroatoms. The molecule has 214 valence electrons. The number of carboxylic acid groups (broad SMARTS) is 1. The van der Waals surface area contributed by atoms with Crippen LogP contribution in [0.2, 0.25) is 0 Å². The molecule has 0 aliphatic carbocycles. The zero-order valence-corrected chi connectivity index (χ0v) is 21.7. The van der Waals surface area contributed by atoms with Crippen LogP contribution < -0.4 is 19.5 Å². The van der Waals surface area contributed by atoms with E-state index < -0.39 is 36.2 Å². The minimum absolute atomic E-state index is 0.0667. The highest BCUT2D eigenvalue weighted by Crippen LogP contribution is 2.37. The molecule has 1 aliphatic rings. The molecule has 1 aromatic carbocycles. The summed E-state index contributed by atoms with van der Waals surface area (Å²) in [6.45, 7) is 1.23. The molecule has 0 saturated carbocycles. The number of rotatable bonds is 12. The third-order valence-corrected chi connectivity index (χ3v) is 6.34. The molecule has 11 nitrogen and oxygen atoms in total. The van der Waals surface area contributed by atoms with Crippen molar-refractivity contribution >= 4 is 17.6 Å². The van der Waals surface area contributed by atoms with E-state index >= 15 is 0 Å². The van der Waals surface area contributed by atoms with Crippen LogP contribution in [0.3, 0.4) is 0 Å². The summed E-state index contributed by atoms with van der Waals surface area (Å²) in [5.74, 6) is -6.40. The van der Waals surface area contributed by atoms with Crippen molar-refractivity contribution in [3.05, 3.63) is 53.3 Å². The number of benzene rings is 1. The molecule has 0 saturated heterocycles. The zero-order valence-electron chi connectivity index (χ0n) is 21.7.